The Morgan fingerprint density at radius 3 is 1.81 bits per heavy atom. The predicted octanol–water partition coefficient (Wildman–Crippen LogP) is 8.28. The summed E-state index contributed by atoms with van der Waals surface area (Å²) < 4.78 is 0. The molecule has 0 fully saturated rings. The fourth-order valence-electron chi connectivity index (χ4n) is 3.82. The standard InChI is InChI=1S/C33H57NO3/c1-3-5-7-9-11-13-15-16-17-19-21-23-25-27-29-33(37)34-31(30-35)32(36)28-26-24-22-20-18-14-12-10-8-6-4-2/h8-11,15-16,18,20,26,28,31-32,35-36H,3-7,12-14,17,19,21-25,27,29-30H2,1-2H3,(H,34,37)/b10-8+,11-9-,16-15-,20-18+,28-26+. The molecule has 212 valence electrons. The Morgan fingerprint density at radius 2 is 1.19 bits per heavy atom. The first-order valence-electron chi connectivity index (χ1n) is 15.0. The third-order valence-corrected chi connectivity index (χ3v) is 6.18. The molecular formula is C33H57NO3. The first-order valence-corrected chi connectivity index (χ1v) is 15.0. The number of aliphatic hydroxyl groups is 2. The molecule has 3 N–H and O–H groups in total. The van der Waals surface area contributed by atoms with E-state index in [2.05, 4.69) is 67.8 Å². The Hall–Kier alpha value is -1.91. The van der Waals surface area contributed by atoms with Crippen LogP contribution in [0.5, 0.6) is 0 Å². The second-order valence-corrected chi connectivity index (χ2v) is 9.79. The van der Waals surface area contributed by atoms with Crippen LogP contribution in [0.2, 0.25) is 0 Å². The number of carbonyl (C=O) groups is 1. The summed E-state index contributed by atoms with van der Waals surface area (Å²) in [6.07, 6.45) is 38.6. The molecule has 0 aromatic rings. The second kappa shape index (κ2) is 28.7. The molecule has 0 aliphatic carbocycles. The fraction of sp³-hybridized carbons (Fsp3) is 0.667. The SMILES string of the molecule is CCC/C=C/CC/C=C/CC/C=C/C(O)C(CO)NC(=O)CCCCCCC/C=C\C/C=C\CCCC. The van der Waals surface area contributed by atoms with E-state index in [1.807, 2.05) is 6.08 Å². The Bertz CT molecular complexity index is 648. The van der Waals surface area contributed by atoms with Gasteiger partial charge in [0.25, 0.3) is 0 Å². The number of nitrogens with one attached hydrogen (secondary N) is 1. The number of hydrogen-bond donors (Lipinski definition) is 3. The van der Waals surface area contributed by atoms with E-state index in [0.29, 0.717) is 6.42 Å². The number of aliphatic hydroxyl groups excluding tert-OH is 2. The van der Waals surface area contributed by atoms with Gasteiger partial charge in [-0.2, -0.15) is 0 Å². The molecule has 0 spiro atoms. The van der Waals surface area contributed by atoms with Gasteiger partial charge in [-0.25, -0.2) is 0 Å². The Kier molecular flexibility index (Phi) is 27.2. The van der Waals surface area contributed by atoms with Gasteiger partial charge in [0.1, 0.15) is 0 Å². The molecule has 0 aromatic carbocycles. The van der Waals surface area contributed by atoms with E-state index in [9.17, 15) is 15.0 Å². The number of allylic oxidation sites excluding steroid dienone is 9. The lowest BCUT2D eigenvalue weighted by Gasteiger charge is -2.19. The van der Waals surface area contributed by atoms with Crippen molar-refractivity contribution in [1.82, 2.24) is 5.32 Å². The molecule has 1 amide bonds. The van der Waals surface area contributed by atoms with Crippen molar-refractivity contribution in [2.45, 2.75) is 135 Å². The monoisotopic (exact) mass is 515 g/mol. The van der Waals surface area contributed by atoms with Crippen LogP contribution in [0.4, 0.5) is 0 Å². The molecule has 2 atom stereocenters. The molecule has 0 aliphatic heterocycles. The second-order valence-electron chi connectivity index (χ2n) is 9.79. The van der Waals surface area contributed by atoms with E-state index in [1.165, 1.54) is 38.5 Å². The van der Waals surface area contributed by atoms with Crippen LogP contribution in [0.15, 0.2) is 60.8 Å². The molecule has 0 radical (unpaired) electrons. The van der Waals surface area contributed by atoms with E-state index < -0.39 is 12.1 Å². The lowest BCUT2D eigenvalue weighted by molar-refractivity contribution is -0.123. The van der Waals surface area contributed by atoms with Gasteiger partial charge >= 0.3 is 0 Å². The largest absolute Gasteiger partial charge is 0.394 e. The highest BCUT2D eigenvalue weighted by atomic mass is 16.3. The molecule has 2 unspecified atom stereocenters. The van der Waals surface area contributed by atoms with Crippen LogP contribution in [0.25, 0.3) is 0 Å². The highest BCUT2D eigenvalue weighted by Gasteiger charge is 2.17. The molecular weight excluding hydrogens is 458 g/mol. The molecule has 0 saturated carbocycles. The Morgan fingerprint density at radius 1 is 0.649 bits per heavy atom. The van der Waals surface area contributed by atoms with Crippen molar-refractivity contribution in [1.29, 1.82) is 0 Å². The topological polar surface area (TPSA) is 69.6 Å². The number of amides is 1. The van der Waals surface area contributed by atoms with Gasteiger partial charge in [0, 0.05) is 6.42 Å². The van der Waals surface area contributed by atoms with Crippen molar-refractivity contribution < 1.29 is 15.0 Å². The third kappa shape index (κ3) is 25.5. The van der Waals surface area contributed by atoms with Crippen molar-refractivity contribution in [3.8, 4) is 0 Å². The average Bonchev–Trinajstić information content (AvgIpc) is 2.90. The van der Waals surface area contributed by atoms with Crippen molar-refractivity contribution in [2.75, 3.05) is 6.61 Å². The smallest absolute Gasteiger partial charge is 0.220 e. The summed E-state index contributed by atoms with van der Waals surface area (Å²) in [5.41, 5.74) is 0. The summed E-state index contributed by atoms with van der Waals surface area (Å²) in [5, 5.41) is 22.7. The molecule has 0 heterocycles. The maximum absolute atomic E-state index is 12.2. The third-order valence-electron chi connectivity index (χ3n) is 6.18. The first-order chi connectivity index (χ1) is 18.2. The van der Waals surface area contributed by atoms with Crippen LogP contribution >= 0.6 is 0 Å². The van der Waals surface area contributed by atoms with Gasteiger partial charge in [0.15, 0.2) is 0 Å². The summed E-state index contributed by atoms with van der Waals surface area (Å²) >= 11 is 0. The van der Waals surface area contributed by atoms with E-state index in [-0.39, 0.29) is 12.5 Å². The van der Waals surface area contributed by atoms with Crippen LogP contribution in [0.1, 0.15) is 123 Å². The quantitative estimate of drug-likeness (QED) is 0.0846. The van der Waals surface area contributed by atoms with Gasteiger partial charge < -0.3 is 15.5 Å². The zero-order valence-corrected chi connectivity index (χ0v) is 24.0. The molecule has 0 bridgehead atoms. The minimum Gasteiger partial charge on any atom is -0.394 e. The Labute approximate surface area is 228 Å². The van der Waals surface area contributed by atoms with E-state index >= 15 is 0 Å². The highest BCUT2D eigenvalue weighted by Crippen LogP contribution is 2.09. The van der Waals surface area contributed by atoms with E-state index in [4.69, 9.17) is 0 Å². The van der Waals surface area contributed by atoms with Crippen LogP contribution in [0, 0.1) is 0 Å². The molecule has 0 aliphatic rings. The van der Waals surface area contributed by atoms with Crippen molar-refractivity contribution in [3.63, 3.8) is 0 Å². The van der Waals surface area contributed by atoms with E-state index in [0.717, 1.165) is 64.2 Å². The normalized spacial score (nSPS) is 14.2. The number of hydrogen-bond acceptors (Lipinski definition) is 3. The molecule has 4 heteroatoms. The molecule has 0 rings (SSSR count). The predicted molar refractivity (Wildman–Crippen MR) is 161 cm³/mol. The molecule has 0 saturated heterocycles. The van der Waals surface area contributed by atoms with Gasteiger partial charge in [0.05, 0.1) is 18.8 Å². The maximum atomic E-state index is 12.2. The lowest BCUT2D eigenvalue weighted by Crippen LogP contribution is -2.45. The Balaban J connectivity index is 3.81. The molecule has 4 nitrogen and oxygen atoms in total. The van der Waals surface area contributed by atoms with Crippen LogP contribution in [-0.4, -0.2) is 34.9 Å². The number of unbranched alkanes of at least 4 members (excludes halogenated alkanes) is 10. The average molecular weight is 516 g/mol. The summed E-state index contributed by atoms with van der Waals surface area (Å²) in [7, 11) is 0. The van der Waals surface area contributed by atoms with Gasteiger partial charge in [-0.15, -0.1) is 0 Å². The van der Waals surface area contributed by atoms with Gasteiger partial charge in [-0.05, 0) is 64.2 Å². The maximum Gasteiger partial charge on any atom is 0.220 e. The zero-order chi connectivity index (χ0) is 27.2. The fourth-order valence-corrected chi connectivity index (χ4v) is 3.82. The molecule has 37 heavy (non-hydrogen) atoms. The summed E-state index contributed by atoms with van der Waals surface area (Å²) in [4.78, 5) is 12.2. The number of rotatable bonds is 25. The van der Waals surface area contributed by atoms with Crippen molar-refractivity contribution >= 4 is 5.91 Å². The first kappa shape index (κ1) is 35.1. The summed E-state index contributed by atoms with van der Waals surface area (Å²) in [6, 6.07) is -0.650. The minimum atomic E-state index is -0.874. The van der Waals surface area contributed by atoms with E-state index in [1.54, 1.807) is 6.08 Å². The van der Waals surface area contributed by atoms with Gasteiger partial charge in [0.2, 0.25) is 5.91 Å². The lowest BCUT2D eigenvalue weighted by atomic mass is 10.1. The van der Waals surface area contributed by atoms with Crippen LogP contribution < -0.4 is 5.32 Å². The summed E-state index contributed by atoms with van der Waals surface area (Å²) in [6.45, 7) is 4.13. The summed E-state index contributed by atoms with van der Waals surface area (Å²) in [5.74, 6) is -0.0997. The highest BCUT2D eigenvalue weighted by molar-refractivity contribution is 5.76. The number of carbonyl (C=O) groups excluding carboxylic acids is 1. The minimum absolute atomic E-state index is 0.0997. The van der Waals surface area contributed by atoms with Crippen molar-refractivity contribution in [3.05, 3.63) is 60.8 Å². The zero-order valence-electron chi connectivity index (χ0n) is 24.0. The van der Waals surface area contributed by atoms with Gasteiger partial charge in [-0.3, -0.25) is 4.79 Å². The molecule has 0 aromatic heterocycles. The van der Waals surface area contributed by atoms with Gasteiger partial charge in [-0.1, -0.05) is 113 Å². The van der Waals surface area contributed by atoms with Crippen molar-refractivity contribution in [2.24, 2.45) is 0 Å². The van der Waals surface area contributed by atoms with Crippen LogP contribution in [-0.2, 0) is 4.79 Å². The van der Waals surface area contributed by atoms with Crippen LogP contribution in [0.3, 0.4) is 0 Å².